The van der Waals surface area contributed by atoms with Crippen molar-refractivity contribution in [2.45, 2.75) is 140 Å². The van der Waals surface area contributed by atoms with Gasteiger partial charge in [0.2, 0.25) is 0 Å². The van der Waals surface area contributed by atoms with Crippen molar-refractivity contribution in [3.63, 3.8) is 0 Å². The second-order valence-electron chi connectivity index (χ2n) is 12.2. The Kier molecular flexibility index (Phi) is 22.5. The molecule has 0 saturated heterocycles. The molecule has 0 amide bonds. The van der Waals surface area contributed by atoms with Gasteiger partial charge in [-0.25, -0.2) is 9.59 Å². The molecule has 2 aromatic carbocycles. The molecular formula is C38H62NO4S+. The molecule has 0 aliphatic carbocycles. The maximum absolute atomic E-state index is 10.7. The number of quaternary nitrogens is 1. The maximum atomic E-state index is 10.7. The number of unbranched alkanes of at least 4 members (excludes halogenated alkanes) is 12. The van der Waals surface area contributed by atoms with Crippen LogP contribution in [0.15, 0.2) is 58.3 Å². The number of aromatic carboxylic acids is 2. The van der Waals surface area contributed by atoms with Gasteiger partial charge in [0.1, 0.15) is 0 Å². The summed E-state index contributed by atoms with van der Waals surface area (Å²) in [6.07, 6.45) is 22.8. The third kappa shape index (κ3) is 17.9. The molecule has 44 heavy (non-hydrogen) atoms. The van der Waals surface area contributed by atoms with E-state index in [1.165, 1.54) is 169 Å². The molecule has 0 saturated carbocycles. The lowest BCUT2D eigenvalue weighted by Crippen LogP contribution is -2.50. The minimum atomic E-state index is -0.956. The predicted octanol–water partition coefficient (Wildman–Crippen LogP) is 11.4. The van der Waals surface area contributed by atoms with Gasteiger partial charge in [-0.3, -0.25) is 0 Å². The maximum Gasteiger partial charge on any atom is 0.335 e. The second kappa shape index (κ2) is 24.9. The molecule has 0 aliphatic heterocycles. The number of carboxylic acid groups (broad SMARTS) is 2. The van der Waals surface area contributed by atoms with Crippen LogP contribution in [0.5, 0.6) is 0 Å². The summed E-state index contributed by atoms with van der Waals surface area (Å²) in [6.45, 7) is 15.2. The molecular weight excluding hydrogens is 566 g/mol. The van der Waals surface area contributed by atoms with Crippen LogP contribution in [-0.4, -0.2) is 52.8 Å². The Morgan fingerprint density at radius 2 is 0.750 bits per heavy atom. The van der Waals surface area contributed by atoms with Crippen LogP contribution in [0, 0.1) is 0 Å². The van der Waals surface area contributed by atoms with E-state index in [4.69, 9.17) is 10.2 Å². The quantitative estimate of drug-likeness (QED) is 0.0893. The van der Waals surface area contributed by atoms with E-state index in [1.807, 2.05) is 0 Å². The Morgan fingerprint density at radius 3 is 0.977 bits per heavy atom. The third-order valence-corrected chi connectivity index (χ3v) is 9.40. The largest absolute Gasteiger partial charge is 0.478 e. The van der Waals surface area contributed by atoms with Crippen molar-refractivity contribution >= 4 is 23.7 Å². The zero-order valence-corrected chi connectivity index (χ0v) is 29.1. The Bertz CT molecular complexity index is 897. The third-order valence-electron chi connectivity index (χ3n) is 8.38. The molecule has 0 bridgehead atoms. The van der Waals surface area contributed by atoms with Crippen LogP contribution >= 0.6 is 11.8 Å². The molecule has 0 spiro atoms. The van der Waals surface area contributed by atoms with Crippen molar-refractivity contribution in [3.8, 4) is 0 Å². The minimum absolute atomic E-state index is 0.241. The van der Waals surface area contributed by atoms with Gasteiger partial charge in [-0.15, -0.1) is 0 Å². The number of carbonyl (C=O) groups is 2. The van der Waals surface area contributed by atoms with E-state index >= 15 is 0 Å². The Morgan fingerprint density at radius 1 is 0.477 bits per heavy atom. The molecule has 0 heterocycles. The number of hydrogen-bond donors (Lipinski definition) is 2. The summed E-state index contributed by atoms with van der Waals surface area (Å²) >= 11 is 1.44. The Hall–Kier alpha value is -2.31. The number of hydrogen-bond acceptors (Lipinski definition) is 3. The van der Waals surface area contributed by atoms with Gasteiger partial charge in [0.05, 0.1) is 37.3 Å². The summed E-state index contributed by atoms with van der Waals surface area (Å²) in [5.74, 6) is -1.91. The summed E-state index contributed by atoms with van der Waals surface area (Å²) in [5.41, 5.74) is 0.483. The fourth-order valence-electron chi connectivity index (χ4n) is 5.63. The summed E-state index contributed by atoms with van der Waals surface area (Å²) in [7, 11) is 0. The smallest absolute Gasteiger partial charge is 0.335 e. The molecule has 248 valence electrons. The molecule has 6 heteroatoms. The molecule has 2 N–H and O–H groups in total. The van der Waals surface area contributed by atoms with Crippen LogP contribution in [0.2, 0.25) is 0 Å². The first-order chi connectivity index (χ1) is 21.3. The highest BCUT2D eigenvalue weighted by molar-refractivity contribution is 7.99. The first-order valence-corrected chi connectivity index (χ1v) is 18.3. The molecule has 0 unspecified atom stereocenters. The normalized spacial score (nSPS) is 11.2. The lowest BCUT2D eigenvalue weighted by Gasteiger charge is -2.39. The minimum Gasteiger partial charge on any atom is -0.478 e. The average molecular weight is 629 g/mol. The van der Waals surface area contributed by atoms with E-state index in [0.29, 0.717) is 0 Å². The average Bonchev–Trinajstić information content (AvgIpc) is 3.02. The lowest BCUT2D eigenvalue weighted by atomic mass is 10.1. The van der Waals surface area contributed by atoms with Crippen molar-refractivity contribution < 1.29 is 24.3 Å². The van der Waals surface area contributed by atoms with E-state index in [0.717, 1.165) is 9.79 Å². The summed E-state index contributed by atoms with van der Waals surface area (Å²) in [6, 6.07) is 13.0. The zero-order chi connectivity index (χ0) is 32.5. The van der Waals surface area contributed by atoms with Crippen LogP contribution < -0.4 is 0 Å². The standard InChI is InChI=1S/C24H52N.C14H10O4S/c1-5-9-13-17-21-25(22-18-14-10-6-2,23-19-15-11-7-3)24-20-16-12-8-4;15-13(16)9-1-5-11(6-2-9)19-12-7-3-10(4-8-12)14(17)18/h5-24H2,1-4H3;1-8H,(H,15,16)(H,17,18)/q+1;. The van der Waals surface area contributed by atoms with Gasteiger partial charge < -0.3 is 14.7 Å². The van der Waals surface area contributed by atoms with Crippen LogP contribution in [-0.2, 0) is 0 Å². The van der Waals surface area contributed by atoms with Crippen molar-refractivity contribution in [2.75, 3.05) is 26.2 Å². The molecule has 0 aromatic heterocycles. The summed E-state index contributed by atoms with van der Waals surface area (Å²) in [4.78, 5) is 23.2. The van der Waals surface area contributed by atoms with E-state index in [9.17, 15) is 9.59 Å². The second-order valence-corrected chi connectivity index (χ2v) is 13.4. The van der Waals surface area contributed by atoms with Gasteiger partial charge in [-0.1, -0.05) is 90.8 Å². The van der Waals surface area contributed by atoms with Gasteiger partial charge in [0.15, 0.2) is 0 Å². The fourth-order valence-corrected chi connectivity index (χ4v) is 6.45. The fraction of sp³-hybridized carbons (Fsp3) is 0.632. The first kappa shape index (κ1) is 39.7. The van der Waals surface area contributed by atoms with E-state index in [1.54, 1.807) is 24.3 Å². The van der Waals surface area contributed by atoms with Gasteiger partial charge >= 0.3 is 11.9 Å². The van der Waals surface area contributed by atoms with Crippen LogP contribution in [0.4, 0.5) is 0 Å². The number of benzene rings is 2. The molecule has 2 rings (SSSR count). The number of carboxylic acids is 2. The van der Waals surface area contributed by atoms with Crippen LogP contribution in [0.3, 0.4) is 0 Å². The molecule has 0 radical (unpaired) electrons. The lowest BCUT2D eigenvalue weighted by molar-refractivity contribution is -0.929. The monoisotopic (exact) mass is 628 g/mol. The van der Waals surface area contributed by atoms with Crippen molar-refractivity contribution in [2.24, 2.45) is 0 Å². The summed E-state index contributed by atoms with van der Waals surface area (Å²) in [5, 5.41) is 17.6. The first-order valence-electron chi connectivity index (χ1n) is 17.5. The van der Waals surface area contributed by atoms with E-state index < -0.39 is 11.9 Å². The van der Waals surface area contributed by atoms with E-state index in [2.05, 4.69) is 27.7 Å². The Labute approximate surface area is 273 Å². The highest BCUT2D eigenvalue weighted by atomic mass is 32.2. The van der Waals surface area contributed by atoms with Crippen molar-refractivity contribution in [1.82, 2.24) is 0 Å². The van der Waals surface area contributed by atoms with Crippen molar-refractivity contribution in [1.29, 1.82) is 0 Å². The Balaban J connectivity index is 0.000000454. The highest BCUT2D eigenvalue weighted by Crippen LogP contribution is 2.28. The predicted molar refractivity (Wildman–Crippen MR) is 187 cm³/mol. The van der Waals surface area contributed by atoms with Crippen molar-refractivity contribution in [3.05, 3.63) is 59.7 Å². The van der Waals surface area contributed by atoms with E-state index in [-0.39, 0.29) is 11.1 Å². The zero-order valence-electron chi connectivity index (χ0n) is 28.3. The topological polar surface area (TPSA) is 74.6 Å². The highest BCUT2D eigenvalue weighted by Gasteiger charge is 2.25. The molecule has 5 nitrogen and oxygen atoms in total. The van der Waals surface area contributed by atoms with Gasteiger partial charge in [-0.2, -0.15) is 0 Å². The molecule has 0 aliphatic rings. The summed E-state index contributed by atoms with van der Waals surface area (Å²) < 4.78 is 1.46. The van der Waals surface area contributed by atoms with Gasteiger partial charge in [0, 0.05) is 9.79 Å². The van der Waals surface area contributed by atoms with Crippen LogP contribution in [0.1, 0.15) is 151 Å². The molecule has 2 aromatic rings. The number of rotatable bonds is 24. The van der Waals surface area contributed by atoms with Gasteiger partial charge in [0.25, 0.3) is 0 Å². The number of nitrogens with zero attached hydrogens (tertiary/aromatic N) is 1. The molecule has 0 fully saturated rings. The SMILES string of the molecule is CCCCCC[N+](CCCCCC)(CCCCCC)CCCCCC.O=C(O)c1ccc(Sc2ccc(C(=O)O)cc2)cc1. The van der Waals surface area contributed by atoms with Gasteiger partial charge in [-0.05, 0) is 99.9 Å². The van der Waals surface area contributed by atoms with Crippen LogP contribution in [0.25, 0.3) is 0 Å². The molecule has 0 atom stereocenters.